The van der Waals surface area contributed by atoms with Gasteiger partial charge in [-0.05, 0) is 63.8 Å². The van der Waals surface area contributed by atoms with E-state index in [0.717, 1.165) is 31.6 Å². The zero-order valence-electron chi connectivity index (χ0n) is 26.6. The Morgan fingerprint density at radius 2 is 1.83 bits per heavy atom. The van der Waals surface area contributed by atoms with Crippen molar-refractivity contribution in [3.05, 3.63) is 57.9 Å². The Labute approximate surface area is 267 Å². The summed E-state index contributed by atoms with van der Waals surface area (Å²) < 4.78 is 16.8. The topological polar surface area (TPSA) is 143 Å². The molecule has 2 aliphatic rings. The highest BCUT2D eigenvalue weighted by Gasteiger charge is 2.32. The van der Waals surface area contributed by atoms with Crippen molar-refractivity contribution in [1.82, 2.24) is 15.5 Å². The number of fused-ring (bicyclic) bond motifs is 3. The van der Waals surface area contributed by atoms with Crippen LogP contribution in [0.3, 0.4) is 0 Å². The van der Waals surface area contributed by atoms with Gasteiger partial charge in [0.25, 0.3) is 11.8 Å². The maximum Gasteiger partial charge on any atom is 0.349 e. The van der Waals surface area contributed by atoms with Crippen LogP contribution in [-0.4, -0.2) is 81.3 Å². The average Bonchev–Trinajstić information content (AvgIpc) is 3.49. The standard InChI is InChI=1S/C34H41N5O7/c1-4-38(5-2)23-11-10-22-17-26(34(43)46-28(22)18-23)32(41)36-14-7-6-13-35-31(40)12-16-45-30-20-27-25(19-29(30)44-3)33(42)39-15-8-9-24(39)21-37-27/h10-11,17-21,24H,4-9,12-16H2,1-3H3,(H,35,40)(H,36,41)/t24-/m0/s1. The molecule has 2 aromatic carbocycles. The molecule has 5 rings (SSSR count). The van der Waals surface area contributed by atoms with Crippen LogP contribution in [0.1, 0.15) is 66.7 Å². The lowest BCUT2D eigenvalue weighted by Crippen LogP contribution is -2.35. The van der Waals surface area contributed by atoms with Gasteiger partial charge in [0.2, 0.25) is 5.91 Å². The second-order valence-corrected chi connectivity index (χ2v) is 11.3. The number of benzene rings is 2. The molecule has 2 aliphatic heterocycles. The van der Waals surface area contributed by atoms with Gasteiger partial charge in [0.05, 0.1) is 37.4 Å². The van der Waals surface area contributed by atoms with Crippen LogP contribution in [0.4, 0.5) is 11.4 Å². The van der Waals surface area contributed by atoms with Crippen molar-refractivity contribution in [2.45, 2.75) is 52.0 Å². The molecule has 3 aromatic rings. The summed E-state index contributed by atoms with van der Waals surface area (Å²) in [6.45, 7) is 7.38. The molecule has 3 heterocycles. The number of unbranched alkanes of at least 4 members (excludes halogenated alkanes) is 1. The van der Waals surface area contributed by atoms with Crippen molar-refractivity contribution in [3.8, 4) is 11.5 Å². The third kappa shape index (κ3) is 7.32. The monoisotopic (exact) mass is 631 g/mol. The molecule has 1 aromatic heterocycles. The molecule has 1 fully saturated rings. The van der Waals surface area contributed by atoms with Crippen LogP contribution in [0, 0.1) is 0 Å². The van der Waals surface area contributed by atoms with Crippen molar-refractivity contribution < 1.29 is 28.3 Å². The quantitative estimate of drug-likeness (QED) is 0.200. The first-order valence-electron chi connectivity index (χ1n) is 15.9. The van der Waals surface area contributed by atoms with Gasteiger partial charge in [-0.25, -0.2) is 4.79 Å². The molecule has 12 heteroatoms. The van der Waals surface area contributed by atoms with Gasteiger partial charge >= 0.3 is 5.63 Å². The summed E-state index contributed by atoms with van der Waals surface area (Å²) in [6, 6.07) is 10.5. The van der Waals surface area contributed by atoms with Gasteiger partial charge in [0, 0.05) is 62.1 Å². The summed E-state index contributed by atoms with van der Waals surface area (Å²) in [6.07, 6.45) is 5.04. The lowest BCUT2D eigenvalue weighted by atomic mass is 10.1. The van der Waals surface area contributed by atoms with Crippen molar-refractivity contribution in [2.75, 3.05) is 51.3 Å². The number of anilines is 1. The van der Waals surface area contributed by atoms with E-state index in [1.165, 1.54) is 7.11 Å². The summed E-state index contributed by atoms with van der Waals surface area (Å²) in [4.78, 5) is 59.1. The minimum atomic E-state index is -0.679. The fourth-order valence-electron chi connectivity index (χ4n) is 5.78. The van der Waals surface area contributed by atoms with Crippen molar-refractivity contribution in [2.24, 2.45) is 4.99 Å². The van der Waals surface area contributed by atoms with Gasteiger partial charge in [-0.1, -0.05) is 0 Å². The van der Waals surface area contributed by atoms with Crippen LogP contribution in [-0.2, 0) is 4.79 Å². The van der Waals surface area contributed by atoms with E-state index in [4.69, 9.17) is 13.9 Å². The van der Waals surface area contributed by atoms with E-state index >= 15 is 0 Å². The van der Waals surface area contributed by atoms with Gasteiger partial charge in [-0.3, -0.25) is 19.4 Å². The van der Waals surface area contributed by atoms with Crippen molar-refractivity contribution in [1.29, 1.82) is 0 Å². The van der Waals surface area contributed by atoms with Gasteiger partial charge in [0.1, 0.15) is 11.1 Å². The van der Waals surface area contributed by atoms with Gasteiger partial charge in [0.15, 0.2) is 11.5 Å². The molecule has 3 amide bonds. The smallest absolute Gasteiger partial charge is 0.349 e. The lowest BCUT2D eigenvalue weighted by molar-refractivity contribution is -0.121. The maximum atomic E-state index is 13.0. The summed E-state index contributed by atoms with van der Waals surface area (Å²) in [5.74, 6) is 0.0930. The molecule has 0 radical (unpaired) electrons. The van der Waals surface area contributed by atoms with Crippen LogP contribution in [0.2, 0.25) is 0 Å². The first kappa shape index (κ1) is 32.5. The van der Waals surface area contributed by atoms with Crippen molar-refractivity contribution in [3.63, 3.8) is 0 Å². The minimum Gasteiger partial charge on any atom is -0.493 e. The molecule has 46 heavy (non-hydrogen) atoms. The summed E-state index contributed by atoms with van der Waals surface area (Å²) >= 11 is 0. The fraction of sp³-hybridized carbons (Fsp3) is 0.441. The van der Waals surface area contributed by atoms with E-state index in [9.17, 15) is 19.2 Å². The Kier molecular flexibility index (Phi) is 10.6. The number of carbonyl (C=O) groups is 3. The predicted octanol–water partition coefficient (Wildman–Crippen LogP) is 4.06. The Morgan fingerprint density at radius 3 is 2.59 bits per heavy atom. The highest BCUT2D eigenvalue weighted by Crippen LogP contribution is 2.38. The zero-order chi connectivity index (χ0) is 32.6. The summed E-state index contributed by atoms with van der Waals surface area (Å²) in [7, 11) is 1.51. The molecule has 0 bridgehead atoms. The number of ether oxygens (including phenoxy) is 2. The van der Waals surface area contributed by atoms with E-state index in [0.29, 0.717) is 66.2 Å². The number of hydrogen-bond acceptors (Lipinski definition) is 9. The SMILES string of the molecule is CCN(CC)c1ccc2cc(C(=O)NCCCCNC(=O)CCOc3cc4c(cc3OC)C(=O)N3CCC[C@H]3C=N4)c(=O)oc2c1. The first-order chi connectivity index (χ1) is 22.3. The molecule has 0 aliphatic carbocycles. The van der Waals surface area contributed by atoms with E-state index < -0.39 is 11.5 Å². The van der Waals surface area contributed by atoms with E-state index in [2.05, 4.69) is 34.4 Å². The number of rotatable bonds is 14. The molecule has 1 saturated heterocycles. The number of hydrogen-bond donors (Lipinski definition) is 2. The average molecular weight is 632 g/mol. The molecule has 2 N–H and O–H groups in total. The number of aliphatic imine (C=N–C) groups is 1. The Hall–Kier alpha value is -4.87. The van der Waals surface area contributed by atoms with E-state index in [1.54, 1.807) is 18.2 Å². The van der Waals surface area contributed by atoms with Gasteiger partial charge in [-0.2, -0.15) is 0 Å². The van der Waals surface area contributed by atoms with Crippen LogP contribution in [0.25, 0.3) is 11.0 Å². The number of nitrogens with one attached hydrogen (secondary N) is 2. The van der Waals surface area contributed by atoms with Gasteiger partial charge < -0.3 is 34.3 Å². The summed E-state index contributed by atoms with van der Waals surface area (Å²) in [5, 5.41) is 6.28. The molecule has 0 spiro atoms. The number of nitrogens with zero attached hydrogens (tertiary/aromatic N) is 3. The fourth-order valence-corrected chi connectivity index (χ4v) is 5.78. The molecule has 0 unspecified atom stereocenters. The predicted molar refractivity (Wildman–Crippen MR) is 176 cm³/mol. The zero-order valence-corrected chi connectivity index (χ0v) is 26.6. The number of amides is 3. The Balaban J connectivity index is 1.03. The number of carbonyl (C=O) groups excluding carboxylic acids is 3. The first-order valence-corrected chi connectivity index (χ1v) is 15.9. The third-order valence-electron chi connectivity index (χ3n) is 8.35. The van der Waals surface area contributed by atoms with Crippen LogP contribution in [0.15, 0.2) is 50.6 Å². The molecular weight excluding hydrogens is 590 g/mol. The van der Waals surface area contributed by atoms with E-state index in [-0.39, 0.29) is 36.4 Å². The van der Waals surface area contributed by atoms with Crippen LogP contribution >= 0.6 is 0 Å². The van der Waals surface area contributed by atoms with E-state index in [1.807, 2.05) is 29.3 Å². The Bertz CT molecular complexity index is 1680. The molecule has 244 valence electrons. The highest BCUT2D eigenvalue weighted by atomic mass is 16.5. The molecule has 1 atom stereocenters. The molecule has 0 saturated carbocycles. The highest BCUT2D eigenvalue weighted by molar-refractivity contribution is 6.03. The van der Waals surface area contributed by atoms with Gasteiger partial charge in [-0.15, -0.1) is 0 Å². The number of methoxy groups -OCH3 is 1. The second kappa shape index (κ2) is 14.9. The van der Waals surface area contributed by atoms with Crippen LogP contribution in [0.5, 0.6) is 11.5 Å². The largest absolute Gasteiger partial charge is 0.493 e. The third-order valence-corrected chi connectivity index (χ3v) is 8.35. The maximum absolute atomic E-state index is 13.0. The lowest BCUT2D eigenvalue weighted by Gasteiger charge is -2.21. The second-order valence-electron chi connectivity index (χ2n) is 11.3. The Morgan fingerprint density at radius 1 is 1.04 bits per heavy atom. The van der Waals surface area contributed by atoms with Crippen molar-refractivity contribution >= 4 is 46.3 Å². The molecule has 12 nitrogen and oxygen atoms in total. The molecular formula is C34H41N5O7. The normalized spacial score (nSPS) is 15.2. The minimum absolute atomic E-state index is 0.00760. The summed E-state index contributed by atoms with van der Waals surface area (Å²) in [5.41, 5.74) is 1.68. The van der Waals surface area contributed by atoms with Crippen LogP contribution < -0.4 is 30.6 Å².